The maximum absolute atomic E-state index is 10.9. The van der Waals surface area contributed by atoms with Gasteiger partial charge in [0, 0.05) is 5.02 Å². The second kappa shape index (κ2) is 5.06. The van der Waals surface area contributed by atoms with Crippen LogP contribution in [0.2, 0.25) is 5.02 Å². The van der Waals surface area contributed by atoms with Crippen LogP contribution >= 0.6 is 11.6 Å². The van der Waals surface area contributed by atoms with E-state index in [9.17, 15) is 4.79 Å². The van der Waals surface area contributed by atoms with Gasteiger partial charge in [0.15, 0.2) is 5.69 Å². The zero-order valence-electron chi connectivity index (χ0n) is 9.51. The van der Waals surface area contributed by atoms with Crippen molar-refractivity contribution >= 4 is 17.6 Å². The summed E-state index contributed by atoms with van der Waals surface area (Å²) in [6.07, 6.45) is 1.66. The van der Waals surface area contributed by atoms with Crippen LogP contribution in [-0.2, 0) is 6.54 Å². The highest BCUT2D eigenvalue weighted by Crippen LogP contribution is 2.22. The van der Waals surface area contributed by atoms with E-state index in [4.69, 9.17) is 16.7 Å². The molecule has 0 amide bonds. The monoisotopic (exact) mass is 262 g/mol. The molecule has 0 saturated carbocycles. The van der Waals surface area contributed by atoms with Gasteiger partial charge in [-0.2, -0.15) is 5.10 Å². The van der Waals surface area contributed by atoms with Crippen LogP contribution in [0.15, 0.2) is 43.0 Å². The van der Waals surface area contributed by atoms with Crippen LogP contribution in [0.4, 0.5) is 0 Å². The molecule has 5 heteroatoms. The summed E-state index contributed by atoms with van der Waals surface area (Å²) in [5.41, 5.74) is 1.60. The number of benzene rings is 1. The van der Waals surface area contributed by atoms with Crippen LogP contribution in [0.3, 0.4) is 0 Å². The average molecular weight is 263 g/mol. The molecule has 0 radical (unpaired) electrons. The van der Waals surface area contributed by atoms with E-state index in [2.05, 4.69) is 11.7 Å². The summed E-state index contributed by atoms with van der Waals surface area (Å²) < 4.78 is 1.60. The normalized spacial score (nSPS) is 10.3. The van der Waals surface area contributed by atoms with E-state index in [0.29, 0.717) is 11.6 Å². The largest absolute Gasteiger partial charge is 0.476 e. The summed E-state index contributed by atoms with van der Waals surface area (Å²) in [4.78, 5) is 10.9. The van der Waals surface area contributed by atoms with Gasteiger partial charge in [0.05, 0.1) is 12.2 Å². The SMILES string of the molecule is C=CCn1nc(C(=O)O)cc1-c1ccc(Cl)cc1. The second-order valence-electron chi connectivity index (χ2n) is 3.70. The van der Waals surface area contributed by atoms with Crippen molar-refractivity contribution in [3.8, 4) is 11.3 Å². The molecule has 4 nitrogen and oxygen atoms in total. The molecule has 0 saturated heterocycles. The van der Waals surface area contributed by atoms with Crippen molar-refractivity contribution in [3.63, 3.8) is 0 Å². The molecule has 1 aromatic heterocycles. The van der Waals surface area contributed by atoms with E-state index in [1.54, 1.807) is 22.9 Å². The number of carbonyl (C=O) groups is 1. The van der Waals surface area contributed by atoms with Crippen molar-refractivity contribution in [1.82, 2.24) is 9.78 Å². The quantitative estimate of drug-likeness (QED) is 0.862. The number of nitrogens with zero attached hydrogens (tertiary/aromatic N) is 2. The molecule has 0 bridgehead atoms. The van der Waals surface area contributed by atoms with Crippen LogP contribution < -0.4 is 0 Å². The van der Waals surface area contributed by atoms with Crippen LogP contribution in [0, 0.1) is 0 Å². The standard InChI is InChI=1S/C13H11ClN2O2/c1-2-7-16-12(8-11(15-16)13(17)18)9-3-5-10(14)6-4-9/h2-6,8H,1,7H2,(H,17,18). The Labute approximate surface area is 109 Å². The van der Waals surface area contributed by atoms with E-state index in [-0.39, 0.29) is 5.69 Å². The second-order valence-corrected chi connectivity index (χ2v) is 4.13. The molecule has 1 aromatic carbocycles. The van der Waals surface area contributed by atoms with E-state index in [1.807, 2.05) is 12.1 Å². The summed E-state index contributed by atoms with van der Waals surface area (Å²) in [6.45, 7) is 4.08. The van der Waals surface area contributed by atoms with Gasteiger partial charge in [0.25, 0.3) is 0 Å². The molecule has 2 aromatic rings. The number of aromatic carboxylic acids is 1. The molecule has 18 heavy (non-hydrogen) atoms. The zero-order chi connectivity index (χ0) is 13.1. The third kappa shape index (κ3) is 2.43. The zero-order valence-corrected chi connectivity index (χ0v) is 10.3. The van der Waals surface area contributed by atoms with Gasteiger partial charge in [-0.15, -0.1) is 6.58 Å². The van der Waals surface area contributed by atoms with Gasteiger partial charge in [-0.3, -0.25) is 4.68 Å². The predicted molar refractivity (Wildman–Crippen MR) is 69.8 cm³/mol. The summed E-state index contributed by atoms with van der Waals surface area (Å²) in [5.74, 6) is -1.05. The molecular formula is C13H11ClN2O2. The van der Waals surface area contributed by atoms with E-state index < -0.39 is 5.97 Å². The minimum atomic E-state index is -1.05. The summed E-state index contributed by atoms with van der Waals surface area (Å²) >= 11 is 5.82. The lowest BCUT2D eigenvalue weighted by atomic mass is 10.1. The fourth-order valence-corrected chi connectivity index (χ4v) is 1.76. The highest BCUT2D eigenvalue weighted by Gasteiger charge is 2.13. The predicted octanol–water partition coefficient (Wildman–Crippen LogP) is 3.09. The molecule has 0 spiro atoms. The first kappa shape index (κ1) is 12.4. The van der Waals surface area contributed by atoms with Crippen molar-refractivity contribution < 1.29 is 9.90 Å². The van der Waals surface area contributed by atoms with Crippen LogP contribution in [0.5, 0.6) is 0 Å². The number of aromatic nitrogens is 2. The number of allylic oxidation sites excluding steroid dienone is 1. The fourth-order valence-electron chi connectivity index (χ4n) is 1.64. The molecule has 0 aliphatic rings. The minimum absolute atomic E-state index is 0.0156. The lowest BCUT2D eigenvalue weighted by Gasteiger charge is -2.04. The van der Waals surface area contributed by atoms with Crippen LogP contribution in [0.25, 0.3) is 11.3 Å². The minimum Gasteiger partial charge on any atom is -0.476 e. The van der Waals surface area contributed by atoms with Crippen molar-refractivity contribution in [3.05, 3.63) is 53.7 Å². The lowest BCUT2D eigenvalue weighted by Crippen LogP contribution is -2.02. The number of halogens is 1. The molecule has 0 aliphatic heterocycles. The Morgan fingerprint density at radius 1 is 1.44 bits per heavy atom. The smallest absolute Gasteiger partial charge is 0.356 e. The van der Waals surface area contributed by atoms with Crippen LogP contribution in [0.1, 0.15) is 10.5 Å². The lowest BCUT2D eigenvalue weighted by molar-refractivity contribution is 0.0689. The molecule has 92 valence electrons. The maximum atomic E-state index is 10.9. The number of rotatable bonds is 4. The Morgan fingerprint density at radius 2 is 2.11 bits per heavy atom. The van der Waals surface area contributed by atoms with E-state index in [0.717, 1.165) is 11.3 Å². The van der Waals surface area contributed by atoms with E-state index >= 15 is 0 Å². The fraction of sp³-hybridized carbons (Fsp3) is 0.0769. The Balaban J connectivity index is 2.50. The Hall–Kier alpha value is -2.07. The van der Waals surface area contributed by atoms with Gasteiger partial charge in [-0.05, 0) is 23.8 Å². The molecule has 0 aliphatic carbocycles. The molecule has 0 unspecified atom stereocenters. The van der Waals surface area contributed by atoms with Crippen molar-refractivity contribution in [2.75, 3.05) is 0 Å². The van der Waals surface area contributed by atoms with Gasteiger partial charge in [-0.25, -0.2) is 4.79 Å². The average Bonchev–Trinajstić information content (AvgIpc) is 2.75. The number of hydrogen-bond donors (Lipinski definition) is 1. The number of carboxylic acids is 1. The Kier molecular flexibility index (Phi) is 3.48. The molecule has 0 fully saturated rings. The molecule has 0 atom stereocenters. The van der Waals surface area contributed by atoms with Gasteiger partial charge >= 0.3 is 5.97 Å². The van der Waals surface area contributed by atoms with Gasteiger partial charge < -0.3 is 5.11 Å². The number of carboxylic acid groups (broad SMARTS) is 1. The van der Waals surface area contributed by atoms with Crippen molar-refractivity contribution in [2.45, 2.75) is 6.54 Å². The maximum Gasteiger partial charge on any atom is 0.356 e. The summed E-state index contributed by atoms with van der Waals surface area (Å²) in [7, 11) is 0. The molecule has 1 N–H and O–H groups in total. The molecule has 1 heterocycles. The molecule has 2 rings (SSSR count). The van der Waals surface area contributed by atoms with Gasteiger partial charge in [0.1, 0.15) is 0 Å². The van der Waals surface area contributed by atoms with Crippen molar-refractivity contribution in [1.29, 1.82) is 0 Å². The van der Waals surface area contributed by atoms with E-state index in [1.165, 1.54) is 6.07 Å². The van der Waals surface area contributed by atoms with Gasteiger partial charge in [0.2, 0.25) is 0 Å². The van der Waals surface area contributed by atoms with Gasteiger partial charge in [-0.1, -0.05) is 29.8 Å². The summed E-state index contributed by atoms with van der Waals surface area (Å²) in [5, 5.41) is 13.6. The highest BCUT2D eigenvalue weighted by atomic mass is 35.5. The Morgan fingerprint density at radius 3 is 2.67 bits per heavy atom. The third-order valence-electron chi connectivity index (χ3n) is 2.44. The third-order valence-corrected chi connectivity index (χ3v) is 2.69. The first-order valence-corrected chi connectivity index (χ1v) is 5.67. The van der Waals surface area contributed by atoms with Crippen molar-refractivity contribution in [2.24, 2.45) is 0 Å². The number of hydrogen-bond acceptors (Lipinski definition) is 2. The highest BCUT2D eigenvalue weighted by molar-refractivity contribution is 6.30. The topological polar surface area (TPSA) is 55.1 Å². The first-order valence-electron chi connectivity index (χ1n) is 5.30. The van der Waals surface area contributed by atoms with Crippen LogP contribution in [-0.4, -0.2) is 20.9 Å². The molecular weight excluding hydrogens is 252 g/mol. The summed E-state index contributed by atoms with van der Waals surface area (Å²) in [6, 6.07) is 8.69. The Bertz CT molecular complexity index is 588. The first-order chi connectivity index (χ1) is 8.61.